The summed E-state index contributed by atoms with van der Waals surface area (Å²) in [6, 6.07) is 5.38. The topological polar surface area (TPSA) is 38.3 Å². The van der Waals surface area contributed by atoms with Gasteiger partial charge in [0.15, 0.2) is 0 Å². The van der Waals surface area contributed by atoms with E-state index in [0.29, 0.717) is 16.7 Å². The molecule has 0 aliphatic heterocycles. The number of hydrogen-bond acceptors (Lipinski definition) is 3. The molecule has 0 heterocycles. The minimum atomic E-state index is -0.0347. The SMILES string of the molecule is COCSCC(=O)Nc1ccc(Cl)cc1C. The number of carbonyl (C=O) groups is 1. The molecule has 3 nitrogen and oxygen atoms in total. The van der Waals surface area contributed by atoms with Crippen LogP contribution in [-0.2, 0) is 9.53 Å². The first-order chi connectivity index (χ1) is 7.63. The quantitative estimate of drug-likeness (QED) is 0.653. The molecule has 1 rings (SSSR count). The molecule has 0 radical (unpaired) electrons. The Balaban J connectivity index is 2.49. The lowest BCUT2D eigenvalue weighted by molar-refractivity contribution is -0.113. The summed E-state index contributed by atoms with van der Waals surface area (Å²) in [5.41, 5.74) is 1.75. The summed E-state index contributed by atoms with van der Waals surface area (Å²) in [5.74, 6) is 0.871. The monoisotopic (exact) mass is 259 g/mol. The summed E-state index contributed by atoms with van der Waals surface area (Å²) in [6.45, 7) is 1.91. The third-order valence-corrected chi connectivity index (χ3v) is 3.00. The Hall–Kier alpha value is -0.710. The van der Waals surface area contributed by atoms with Crippen molar-refractivity contribution in [2.24, 2.45) is 0 Å². The Labute approximate surface area is 105 Å². The summed E-state index contributed by atoms with van der Waals surface area (Å²) < 4.78 is 4.85. The molecule has 0 aliphatic carbocycles. The van der Waals surface area contributed by atoms with Crippen LogP contribution in [0.25, 0.3) is 0 Å². The maximum atomic E-state index is 11.5. The number of carbonyl (C=O) groups excluding carboxylic acids is 1. The number of methoxy groups -OCH3 is 1. The molecule has 0 spiro atoms. The largest absolute Gasteiger partial charge is 0.374 e. The van der Waals surface area contributed by atoms with Crippen LogP contribution in [0.4, 0.5) is 5.69 Å². The predicted molar refractivity (Wildman–Crippen MR) is 69.2 cm³/mol. The molecule has 5 heteroatoms. The maximum absolute atomic E-state index is 11.5. The normalized spacial score (nSPS) is 10.2. The Morgan fingerprint density at radius 2 is 2.31 bits per heavy atom. The number of halogens is 1. The van der Waals surface area contributed by atoms with Crippen LogP contribution in [0.1, 0.15) is 5.56 Å². The summed E-state index contributed by atoms with van der Waals surface area (Å²) in [4.78, 5) is 11.5. The number of thioether (sulfide) groups is 1. The zero-order valence-electron chi connectivity index (χ0n) is 9.25. The smallest absolute Gasteiger partial charge is 0.234 e. The highest BCUT2D eigenvalue weighted by Crippen LogP contribution is 2.19. The van der Waals surface area contributed by atoms with Crippen LogP contribution in [0, 0.1) is 6.92 Å². The van der Waals surface area contributed by atoms with Gasteiger partial charge < -0.3 is 10.1 Å². The Morgan fingerprint density at radius 1 is 1.56 bits per heavy atom. The molecule has 0 fully saturated rings. The lowest BCUT2D eigenvalue weighted by Gasteiger charge is -2.08. The van der Waals surface area contributed by atoms with Gasteiger partial charge >= 0.3 is 0 Å². The van der Waals surface area contributed by atoms with Crippen LogP contribution >= 0.6 is 23.4 Å². The number of ether oxygens (including phenoxy) is 1. The molecule has 0 saturated heterocycles. The van der Waals surface area contributed by atoms with Crippen LogP contribution in [0.15, 0.2) is 18.2 Å². The fourth-order valence-electron chi connectivity index (χ4n) is 1.17. The number of hydrogen-bond donors (Lipinski definition) is 1. The molecule has 1 aromatic rings. The molecule has 0 aliphatic rings. The predicted octanol–water partition coefficient (Wildman–Crippen LogP) is 2.92. The Bertz CT molecular complexity index is 371. The van der Waals surface area contributed by atoms with Gasteiger partial charge in [0.2, 0.25) is 5.91 Å². The van der Waals surface area contributed by atoms with Gasteiger partial charge in [-0.2, -0.15) is 0 Å². The van der Waals surface area contributed by atoms with Crippen molar-refractivity contribution in [1.82, 2.24) is 0 Å². The summed E-state index contributed by atoms with van der Waals surface area (Å²) in [5, 5.41) is 3.49. The Kier molecular flexibility index (Phi) is 5.66. The van der Waals surface area contributed by atoms with E-state index in [9.17, 15) is 4.79 Å². The van der Waals surface area contributed by atoms with E-state index in [0.717, 1.165) is 11.3 Å². The molecule has 16 heavy (non-hydrogen) atoms. The fourth-order valence-corrected chi connectivity index (χ4v) is 1.91. The highest BCUT2D eigenvalue weighted by atomic mass is 35.5. The second kappa shape index (κ2) is 6.78. The van der Waals surface area contributed by atoms with Crippen molar-refractivity contribution in [1.29, 1.82) is 0 Å². The van der Waals surface area contributed by atoms with Crippen molar-refractivity contribution in [3.63, 3.8) is 0 Å². The minimum absolute atomic E-state index is 0.0347. The fraction of sp³-hybridized carbons (Fsp3) is 0.364. The first kappa shape index (κ1) is 13.4. The van der Waals surface area contributed by atoms with E-state index in [-0.39, 0.29) is 5.91 Å². The molecule has 0 atom stereocenters. The first-order valence-corrected chi connectivity index (χ1v) is 6.29. The number of benzene rings is 1. The molecule has 1 N–H and O–H groups in total. The molecule has 0 aromatic heterocycles. The highest BCUT2D eigenvalue weighted by molar-refractivity contribution is 7.99. The summed E-state index contributed by atoms with van der Waals surface area (Å²) in [6.07, 6.45) is 0. The number of anilines is 1. The van der Waals surface area contributed by atoms with Gasteiger partial charge in [0.1, 0.15) is 0 Å². The van der Waals surface area contributed by atoms with Crippen LogP contribution in [0.2, 0.25) is 5.02 Å². The number of nitrogens with one attached hydrogen (secondary N) is 1. The second-order valence-electron chi connectivity index (χ2n) is 3.26. The average molecular weight is 260 g/mol. The number of aryl methyl sites for hydroxylation is 1. The molecular weight excluding hydrogens is 246 g/mol. The standard InChI is InChI=1S/C11H14ClNO2S/c1-8-5-9(12)3-4-10(8)13-11(14)6-16-7-15-2/h3-5H,6-7H2,1-2H3,(H,13,14). The van der Waals surface area contributed by atoms with Crippen molar-refractivity contribution >= 4 is 35.0 Å². The lowest BCUT2D eigenvalue weighted by atomic mass is 10.2. The van der Waals surface area contributed by atoms with Crippen molar-refractivity contribution in [2.45, 2.75) is 6.92 Å². The van der Waals surface area contributed by atoms with E-state index in [1.807, 2.05) is 13.0 Å². The van der Waals surface area contributed by atoms with Crippen molar-refractivity contribution in [3.8, 4) is 0 Å². The van der Waals surface area contributed by atoms with Crippen molar-refractivity contribution < 1.29 is 9.53 Å². The van der Waals surface area contributed by atoms with Gasteiger partial charge in [0.25, 0.3) is 0 Å². The van der Waals surface area contributed by atoms with Crippen LogP contribution in [-0.4, -0.2) is 24.7 Å². The maximum Gasteiger partial charge on any atom is 0.234 e. The van der Waals surface area contributed by atoms with Gasteiger partial charge in [-0.25, -0.2) is 0 Å². The second-order valence-corrected chi connectivity index (χ2v) is 4.63. The molecular formula is C11H14ClNO2S. The Morgan fingerprint density at radius 3 is 2.94 bits per heavy atom. The van der Waals surface area contributed by atoms with E-state index in [1.54, 1.807) is 19.2 Å². The molecule has 0 saturated carbocycles. The van der Waals surface area contributed by atoms with E-state index in [2.05, 4.69) is 5.32 Å². The molecule has 1 amide bonds. The number of rotatable bonds is 5. The summed E-state index contributed by atoms with van der Waals surface area (Å²) in [7, 11) is 1.61. The first-order valence-electron chi connectivity index (χ1n) is 4.76. The highest BCUT2D eigenvalue weighted by Gasteiger charge is 2.04. The van der Waals surface area contributed by atoms with Gasteiger partial charge in [0, 0.05) is 17.8 Å². The lowest BCUT2D eigenvalue weighted by Crippen LogP contribution is -2.15. The zero-order chi connectivity index (χ0) is 12.0. The summed E-state index contributed by atoms with van der Waals surface area (Å²) >= 11 is 7.25. The van der Waals surface area contributed by atoms with Crippen LogP contribution in [0.5, 0.6) is 0 Å². The van der Waals surface area contributed by atoms with Gasteiger partial charge in [-0.1, -0.05) is 11.6 Å². The van der Waals surface area contributed by atoms with Crippen LogP contribution in [0.3, 0.4) is 0 Å². The number of amides is 1. The van der Waals surface area contributed by atoms with Crippen molar-refractivity contribution in [2.75, 3.05) is 24.1 Å². The third kappa shape index (κ3) is 4.43. The third-order valence-electron chi connectivity index (χ3n) is 1.90. The van der Waals surface area contributed by atoms with Gasteiger partial charge in [-0.05, 0) is 30.7 Å². The molecule has 0 bridgehead atoms. The van der Waals surface area contributed by atoms with Crippen molar-refractivity contribution in [3.05, 3.63) is 28.8 Å². The molecule has 1 aromatic carbocycles. The van der Waals surface area contributed by atoms with E-state index < -0.39 is 0 Å². The van der Waals surface area contributed by atoms with E-state index >= 15 is 0 Å². The van der Waals surface area contributed by atoms with Gasteiger partial charge in [0.05, 0.1) is 11.7 Å². The minimum Gasteiger partial charge on any atom is -0.374 e. The van der Waals surface area contributed by atoms with Gasteiger partial charge in [-0.3, -0.25) is 4.79 Å². The molecule has 0 unspecified atom stereocenters. The average Bonchev–Trinajstić information content (AvgIpc) is 2.23. The van der Waals surface area contributed by atoms with E-state index in [4.69, 9.17) is 16.3 Å². The van der Waals surface area contributed by atoms with E-state index in [1.165, 1.54) is 11.8 Å². The molecule has 88 valence electrons. The van der Waals surface area contributed by atoms with Gasteiger partial charge in [-0.15, -0.1) is 11.8 Å². The zero-order valence-corrected chi connectivity index (χ0v) is 10.8. The van der Waals surface area contributed by atoms with Crippen LogP contribution < -0.4 is 5.32 Å².